The van der Waals surface area contributed by atoms with Gasteiger partial charge in [-0.3, -0.25) is 4.79 Å². The topological polar surface area (TPSA) is 84.0 Å². The number of rotatable bonds is 4. The Kier molecular flexibility index (Phi) is 6.90. The average molecular weight is 439 g/mol. The molecule has 0 saturated carbocycles. The van der Waals surface area contributed by atoms with Crippen LogP contribution in [0.3, 0.4) is 0 Å². The number of ether oxygens (including phenoxy) is 2. The van der Waals surface area contributed by atoms with Crippen LogP contribution in [0, 0.1) is 5.92 Å². The van der Waals surface area contributed by atoms with Gasteiger partial charge in [-0.2, -0.15) is 0 Å². The minimum atomic E-state index is -0.213. The van der Waals surface area contributed by atoms with E-state index in [0.29, 0.717) is 56.3 Å². The first kappa shape index (κ1) is 22.1. The molecule has 8 nitrogen and oxygen atoms in total. The van der Waals surface area contributed by atoms with Crippen LogP contribution in [0.25, 0.3) is 0 Å². The molecule has 0 unspecified atom stereocenters. The van der Waals surface area contributed by atoms with E-state index in [-0.39, 0.29) is 30.1 Å². The summed E-state index contributed by atoms with van der Waals surface area (Å²) in [6, 6.07) is 12.6. The second kappa shape index (κ2) is 9.99. The van der Waals surface area contributed by atoms with E-state index in [0.717, 1.165) is 0 Å². The molecule has 2 fully saturated rings. The van der Waals surface area contributed by atoms with Crippen molar-refractivity contribution in [3.63, 3.8) is 0 Å². The summed E-state index contributed by atoms with van der Waals surface area (Å²) < 4.78 is 11.6. The largest absolute Gasteiger partial charge is 0.437 e. The Morgan fingerprint density at radius 1 is 1.00 bits per heavy atom. The lowest BCUT2D eigenvalue weighted by molar-refractivity contribution is -0.148. The Morgan fingerprint density at radius 2 is 1.69 bits per heavy atom. The van der Waals surface area contributed by atoms with Crippen LogP contribution in [0.4, 0.5) is 10.5 Å². The molecule has 4 rings (SSSR count). The highest BCUT2D eigenvalue weighted by Gasteiger charge is 2.33. The fourth-order valence-electron chi connectivity index (χ4n) is 4.31. The number of carbonyl (C=O) groups excluding carboxylic acids is 2. The number of nitrogens with zero attached hydrogens (tertiary/aromatic N) is 3. The van der Waals surface area contributed by atoms with Gasteiger partial charge in [0.15, 0.2) is 0 Å². The van der Waals surface area contributed by atoms with Crippen LogP contribution in [-0.2, 0) is 9.53 Å². The van der Waals surface area contributed by atoms with E-state index in [9.17, 15) is 9.59 Å². The number of aromatic nitrogens is 1. The maximum absolute atomic E-state index is 13.0. The Labute approximate surface area is 188 Å². The van der Waals surface area contributed by atoms with Crippen molar-refractivity contribution in [2.75, 3.05) is 31.5 Å². The number of pyridine rings is 1. The molecule has 2 aromatic rings. The number of carbonyl (C=O) groups is 2. The SMILES string of the molecule is C[C@@H]1CN(C(=O)C2CCN(C(=O)Nc3cccnc3Oc3ccccc3)CC2)C[C@@H](C)O1. The van der Waals surface area contributed by atoms with E-state index in [1.807, 2.05) is 49.1 Å². The molecule has 1 aromatic heterocycles. The number of likely N-dealkylation sites (tertiary alicyclic amines) is 1. The molecule has 170 valence electrons. The number of piperidine rings is 1. The molecule has 8 heteroatoms. The van der Waals surface area contributed by atoms with Gasteiger partial charge in [0.05, 0.1) is 12.2 Å². The number of para-hydroxylation sites is 1. The highest BCUT2D eigenvalue weighted by atomic mass is 16.5. The Hall–Kier alpha value is -3.13. The van der Waals surface area contributed by atoms with E-state index in [1.165, 1.54) is 0 Å². The number of amides is 3. The van der Waals surface area contributed by atoms with Crippen LogP contribution < -0.4 is 10.1 Å². The van der Waals surface area contributed by atoms with Crippen LogP contribution in [0.5, 0.6) is 11.6 Å². The first-order valence-corrected chi connectivity index (χ1v) is 11.2. The van der Waals surface area contributed by atoms with Crippen LogP contribution in [0.2, 0.25) is 0 Å². The lowest BCUT2D eigenvalue weighted by atomic mass is 9.95. The predicted molar refractivity (Wildman–Crippen MR) is 121 cm³/mol. The van der Waals surface area contributed by atoms with Gasteiger partial charge in [0.1, 0.15) is 11.4 Å². The summed E-state index contributed by atoms with van der Waals surface area (Å²) in [6.45, 7) is 6.33. The van der Waals surface area contributed by atoms with Crippen LogP contribution in [0.1, 0.15) is 26.7 Å². The molecule has 0 spiro atoms. The summed E-state index contributed by atoms with van der Waals surface area (Å²) in [4.78, 5) is 33.7. The van der Waals surface area contributed by atoms with E-state index in [1.54, 1.807) is 23.2 Å². The third-order valence-corrected chi connectivity index (χ3v) is 5.83. The van der Waals surface area contributed by atoms with E-state index in [2.05, 4.69) is 10.3 Å². The lowest BCUT2D eigenvalue weighted by Gasteiger charge is -2.39. The zero-order valence-corrected chi connectivity index (χ0v) is 18.6. The molecule has 0 bridgehead atoms. The van der Waals surface area contributed by atoms with Crippen molar-refractivity contribution in [1.82, 2.24) is 14.8 Å². The van der Waals surface area contributed by atoms with Crippen molar-refractivity contribution in [2.45, 2.75) is 38.9 Å². The fourth-order valence-corrected chi connectivity index (χ4v) is 4.31. The molecule has 2 saturated heterocycles. The second-order valence-corrected chi connectivity index (χ2v) is 8.46. The van der Waals surface area contributed by atoms with Crippen LogP contribution in [-0.4, -0.2) is 65.1 Å². The van der Waals surface area contributed by atoms with E-state index < -0.39 is 0 Å². The van der Waals surface area contributed by atoms with Gasteiger partial charge >= 0.3 is 6.03 Å². The second-order valence-electron chi connectivity index (χ2n) is 8.46. The Bertz CT molecular complexity index is 921. The first-order valence-electron chi connectivity index (χ1n) is 11.2. The quantitative estimate of drug-likeness (QED) is 0.786. The van der Waals surface area contributed by atoms with Gasteiger partial charge in [-0.1, -0.05) is 18.2 Å². The van der Waals surface area contributed by atoms with Gasteiger partial charge in [-0.25, -0.2) is 9.78 Å². The van der Waals surface area contributed by atoms with Gasteiger partial charge in [0.25, 0.3) is 0 Å². The number of urea groups is 1. The molecule has 32 heavy (non-hydrogen) atoms. The van der Waals surface area contributed by atoms with Crippen molar-refractivity contribution < 1.29 is 19.1 Å². The minimum absolute atomic E-state index is 0.0492. The van der Waals surface area contributed by atoms with Gasteiger partial charge in [-0.05, 0) is 51.0 Å². The van der Waals surface area contributed by atoms with Gasteiger partial charge in [0, 0.05) is 38.3 Å². The average Bonchev–Trinajstić information content (AvgIpc) is 2.80. The molecule has 1 aromatic carbocycles. The molecule has 2 aliphatic heterocycles. The molecular weight excluding hydrogens is 408 g/mol. The van der Waals surface area contributed by atoms with Crippen molar-refractivity contribution in [3.8, 4) is 11.6 Å². The first-order chi connectivity index (χ1) is 15.5. The van der Waals surface area contributed by atoms with Crippen molar-refractivity contribution in [3.05, 3.63) is 48.7 Å². The van der Waals surface area contributed by atoms with Gasteiger partial charge in [-0.15, -0.1) is 0 Å². The molecule has 1 N–H and O–H groups in total. The number of benzene rings is 1. The summed E-state index contributed by atoms with van der Waals surface area (Å²) in [5.41, 5.74) is 0.510. The Balaban J connectivity index is 1.32. The summed E-state index contributed by atoms with van der Waals surface area (Å²) >= 11 is 0. The maximum Gasteiger partial charge on any atom is 0.321 e. The highest BCUT2D eigenvalue weighted by Crippen LogP contribution is 2.28. The summed E-state index contributed by atoms with van der Waals surface area (Å²) in [7, 11) is 0. The summed E-state index contributed by atoms with van der Waals surface area (Å²) in [5, 5.41) is 2.91. The summed E-state index contributed by atoms with van der Waals surface area (Å²) in [6.07, 6.45) is 3.05. The van der Waals surface area contributed by atoms with Crippen molar-refractivity contribution in [2.24, 2.45) is 5.92 Å². The van der Waals surface area contributed by atoms with Crippen LogP contribution in [0.15, 0.2) is 48.7 Å². The molecule has 2 aliphatic rings. The predicted octanol–water partition coefficient (Wildman–Crippen LogP) is 3.75. The third-order valence-electron chi connectivity index (χ3n) is 5.83. The number of hydrogen-bond acceptors (Lipinski definition) is 5. The summed E-state index contributed by atoms with van der Waals surface area (Å²) in [5.74, 6) is 1.12. The molecule has 2 atom stereocenters. The van der Waals surface area contributed by atoms with Gasteiger partial charge in [0.2, 0.25) is 11.8 Å². The van der Waals surface area contributed by atoms with E-state index in [4.69, 9.17) is 9.47 Å². The standard InChI is InChI=1S/C24H30N4O4/c1-17-15-28(16-18(2)31-17)23(29)19-10-13-27(14-11-19)24(30)26-21-9-6-12-25-22(21)32-20-7-4-3-5-8-20/h3-9,12,17-19H,10-11,13-16H2,1-2H3,(H,26,30)/t17-,18-/m1/s1. The number of morpholine rings is 1. The molecule has 3 heterocycles. The highest BCUT2D eigenvalue weighted by molar-refractivity contribution is 5.91. The lowest BCUT2D eigenvalue weighted by Crippen LogP contribution is -2.52. The molecular formula is C24H30N4O4. The zero-order valence-electron chi connectivity index (χ0n) is 18.6. The number of anilines is 1. The van der Waals surface area contributed by atoms with Crippen molar-refractivity contribution >= 4 is 17.6 Å². The Morgan fingerprint density at radius 3 is 2.38 bits per heavy atom. The maximum atomic E-state index is 13.0. The third kappa shape index (κ3) is 5.37. The zero-order chi connectivity index (χ0) is 22.5. The number of nitrogens with one attached hydrogen (secondary N) is 1. The van der Waals surface area contributed by atoms with E-state index >= 15 is 0 Å². The molecule has 0 radical (unpaired) electrons. The van der Waals surface area contributed by atoms with Gasteiger partial charge < -0.3 is 24.6 Å². The molecule has 0 aliphatic carbocycles. The molecule has 3 amide bonds. The monoisotopic (exact) mass is 438 g/mol. The minimum Gasteiger partial charge on any atom is -0.437 e. The number of hydrogen-bond donors (Lipinski definition) is 1. The smallest absolute Gasteiger partial charge is 0.321 e. The normalized spacial score (nSPS) is 21.8. The van der Waals surface area contributed by atoms with Crippen LogP contribution >= 0.6 is 0 Å². The fraction of sp³-hybridized carbons (Fsp3) is 0.458. The van der Waals surface area contributed by atoms with Crippen molar-refractivity contribution in [1.29, 1.82) is 0 Å².